The molecule has 0 radical (unpaired) electrons. The number of nitrogens with one attached hydrogen (secondary N) is 1. The van der Waals surface area contributed by atoms with Crippen molar-refractivity contribution < 1.29 is 0 Å². The van der Waals surface area contributed by atoms with E-state index in [1.165, 1.54) is 11.1 Å². The molecule has 0 saturated carbocycles. The number of rotatable bonds is 5. The van der Waals surface area contributed by atoms with Gasteiger partial charge in [-0.3, -0.25) is 4.98 Å². The molecule has 0 unspecified atom stereocenters. The summed E-state index contributed by atoms with van der Waals surface area (Å²) in [5.74, 6) is 0.978. The molecule has 0 bridgehead atoms. The molecule has 2 aromatic heterocycles. The van der Waals surface area contributed by atoms with Gasteiger partial charge in [-0.1, -0.05) is 6.07 Å². The lowest BCUT2D eigenvalue weighted by atomic mass is 10.2. The minimum atomic E-state index is 0.834. The molecule has 1 N–H and O–H groups in total. The summed E-state index contributed by atoms with van der Waals surface area (Å²) in [6.45, 7) is 1.68. The first-order chi connectivity index (χ1) is 8.79. The van der Waals surface area contributed by atoms with Crippen molar-refractivity contribution in [3.05, 3.63) is 54.0 Å². The maximum Gasteiger partial charge on any atom is 0.128 e. The second-order valence-electron chi connectivity index (χ2n) is 4.27. The Morgan fingerprint density at radius 3 is 2.50 bits per heavy atom. The van der Waals surface area contributed by atoms with Crippen LogP contribution in [0.2, 0.25) is 0 Å². The summed E-state index contributed by atoms with van der Waals surface area (Å²) < 4.78 is 0. The van der Waals surface area contributed by atoms with E-state index >= 15 is 0 Å². The molecule has 0 atom stereocenters. The highest BCUT2D eigenvalue weighted by atomic mass is 15.2. The van der Waals surface area contributed by atoms with E-state index < -0.39 is 0 Å². The van der Waals surface area contributed by atoms with Crippen LogP contribution in [-0.2, 0) is 13.1 Å². The van der Waals surface area contributed by atoms with E-state index in [0.717, 1.165) is 18.9 Å². The summed E-state index contributed by atoms with van der Waals surface area (Å²) in [6.07, 6.45) is 5.54. The topological polar surface area (TPSA) is 41.0 Å². The van der Waals surface area contributed by atoms with Crippen LogP contribution in [0.3, 0.4) is 0 Å². The van der Waals surface area contributed by atoms with Gasteiger partial charge in [-0.2, -0.15) is 0 Å². The first-order valence-corrected chi connectivity index (χ1v) is 5.99. The van der Waals surface area contributed by atoms with Gasteiger partial charge in [-0.05, 0) is 36.4 Å². The zero-order valence-corrected chi connectivity index (χ0v) is 10.8. The Labute approximate surface area is 108 Å². The molecule has 0 spiro atoms. The van der Waals surface area contributed by atoms with Gasteiger partial charge in [0.1, 0.15) is 5.82 Å². The fourth-order valence-corrected chi connectivity index (χ4v) is 1.79. The molecule has 94 valence electrons. The van der Waals surface area contributed by atoms with Crippen LogP contribution < -0.4 is 10.2 Å². The minimum Gasteiger partial charge on any atom is -0.355 e. The van der Waals surface area contributed by atoms with Gasteiger partial charge < -0.3 is 10.2 Å². The van der Waals surface area contributed by atoms with Crippen molar-refractivity contribution in [2.75, 3.05) is 19.0 Å². The second kappa shape index (κ2) is 6.12. The van der Waals surface area contributed by atoms with Crippen LogP contribution in [0.25, 0.3) is 0 Å². The van der Waals surface area contributed by atoms with Crippen LogP contribution in [0.4, 0.5) is 5.82 Å². The Morgan fingerprint density at radius 1 is 1.11 bits per heavy atom. The highest BCUT2D eigenvalue weighted by Crippen LogP contribution is 2.12. The summed E-state index contributed by atoms with van der Waals surface area (Å²) in [6, 6.07) is 8.19. The number of pyridine rings is 2. The van der Waals surface area contributed by atoms with E-state index in [1.54, 1.807) is 0 Å². The standard InChI is InChI=1S/C14H18N4/c1-15-9-13-3-4-14(17-10-13)18(2)11-12-5-7-16-8-6-12/h3-8,10,15H,9,11H2,1-2H3. The summed E-state index contributed by atoms with van der Waals surface area (Å²) in [5, 5.41) is 3.11. The first kappa shape index (κ1) is 12.5. The third-order valence-electron chi connectivity index (χ3n) is 2.75. The van der Waals surface area contributed by atoms with Crippen molar-refractivity contribution in [2.24, 2.45) is 0 Å². The van der Waals surface area contributed by atoms with Crippen LogP contribution in [0, 0.1) is 0 Å². The number of hydrogen-bond donors (Lipinski definition) is 1. The molecule has 2 heterocycles. The Kier molecular flexibility index (Phi) is 4.25. The molecule has 0 amide bonds. The molecule has 2 aromatic rings. The number of anilines is 1. The third kappa shape index (κ3) is 3.28. The van der Waals surface area contributed by atoms with E-state index in [-0.39, 0.29) is 0 Å². The molecule has 2 rings (SSSR count). The summed E-state index contributed by atoms with van der Waals surface area (Å²) in [4.78, 5) is 10.6. The lowest BCUT2D eigenvalue weighted by Crippen LogP contribution is -2.17. The molecule has 0 aromatic carbocycles. The van der Waals surface area contributed by atoms with Gasteiger partial charge in [0.2, 0.25) is 0 Å². The van der Waals surface area contributed by atoms with Crippen molar-refractivity contribution in [1.29, 1.82) is 0 Å². The van der Waals surface area contributed by atoms with Crippen molar-refractivity contribution in [1.82, 2.24) is 15.3 Å². The van der Waals surface area contributed by atoms with Crippen molar-refractivity contribution in [3.8, 4) is 0 Å². The Morgan fingerprint density at radius 2 is 1.89 bits per heavy atom. The Hall–Kier alpha value is -1.94. The average molecular weight is 242 g/mol. The lowest BCUT2D eigenvalue weighted by molar-refractivity contribution is 0.810. The molecule has 4 nitrogen and oxygen atoms in total. The van der Waals surface area contributed by atoms with Crippen LogP contribution in [0.1, 0.15) is 11.1 Å². The quantitative estimate of drug-likeness (QED) is 0.868. The molecule has 0 aliphatic heterocycles. The summed E-state index contributed by atoms with van der Waals surface area (Å²) in [5.41, 5.74) is 2.42. The number of hydrogen-bond acceptors (Lipinski definition) is 4. The van der Waals surface area contributed by atoms with Gasteiger partial charge >= 0.3 is 0 Å². The van der Waals surface area contributed by atoms with Crippen LogP contribution in [-0.4, -0.2) is 24.1 Å². The Balaban J connectivity index is 2.02. The average Bonchev–Trinajstić information content (AvgIpc) is 2.41. The van der Waals surface area contributed by atoms with E-state index in [4.69, 9.17) is 0 Å². The van der Waals surface area contributed by atoms with E-state index in [1.807, 2.05) is 50.9 Å². The molecular formula is C14H18N4. The molecule has 18 heavy (non-hydrogen) atoms. The maximum absolute atomic E-state index is 4.46. The van der Waals surface area contributed by atoms with Gasteiger partial charge in [0.15, 0.2) is 0 Å². The Bertz CT molecular complexity index is 467. The smallest absolute Gasteiger partial charge is 0.128 e. The monoisotopic (exact) mass is 242 g/mol. The van der Waals surface area contributed by atoms with E-state index in [0.29, 0.717) is 0 Å². The minimum absolute atomic E-state index is 0.834. The van der Waals surface area contributed by atoms with Gasteiger partial charge in [-0.15, -0.1) is 0 Å². The van der Waals surface area contributed by atoms with Crippen LogP contribution in [0.15, 0.2) is 42.9 Å². The molecule has 0 fully saturated rings. The van der Waals surface area contributed by atoms with Gasteiger partial charge in [0.05, 0.1) is 0 Å². The zero-order chi connectivity index (χ0) is 12.8. The molecular weight excluding hydrogens is 224 g/mol. The van der Waals surface area contributed by atoms with E-state index in [2.05, 4.69) is 26.3 Å². The predicted molar refractivity (Wildman–Crippen MR) is 73.3 cm³/mol. The highest BCUT2D eigenvalue weighted by molar-refractivity contribution is 5.39. The van der Waals surface area contributed by atoms with Crippen molar-refractivity contribution in [3.63, 3.8) is 0 Å². The fraction of sp³-hybridized carbons (Fsp3) is 0.286. The molecule has 0 saturated heterocycles. The highest BCUT2D eigenvalue weighted by Gasteiger charge is 2.03. The third-order valence-corrected chi connectivity index (χ3v) is 2.75. The SMILES string of the molecule is CNCc1ccc(N(C)Cc2ccncc2)nc1. The summed E-state index contributed by atoms with van der Waals surface area (Å²) >= 11 is 0. The predicted octanol–water partition coefficient (Wildman–Crippen LogP) is 1.83. The van der Waals surface area contributed by atoms with Crippen LogP contribution in [0.5, 0.6) is 0 Å². The molecule has 0 aliphatic rings. The number of nitrogens with zero attached hydrogens (tertiary/aromatic N) is 3. The first-order valence-electron chi connectivity index (χ1n) is 5.99. The number of aromatic nitrogens is 2. The largest absolute Gasteiger partial charge is 0.355 e. The fourth-order valence-electron chi connectivity index (χ4n) is 1.79. The maximum atomic E-state index is 4.46. The van der Waals surface area contributed by atoms with Crippen molar-refractivity contribution in [2.45, 2.75) is 13.1 Å². The second-order valence-corrected chi connectivity index (χ2v) is 4.27. The van der Waals surface area contributed by atoms with Gasteiger partial charge in [-0.25, -0.2) is 4.98 Å². The van der Waals surface area contributed by atoms with Gasteiger partial charge in [0.25, 0.3) is 0 Å². The normalized spacial score (nSPS) is 10.3. The van der Waals surface area contributed by atoms with Crippen molar-refractivity contribution >= 4 is 5.82 Å². The zero-order valence-electron chi connectivity index (χ0n) is 10.8. The lowest BCUT2D eigenvalue weighted by Gasteiger charge is -2.18. The molecule has 4 heteroatoms. The van der Waals surface area contributed by atoms with E-state index in [9.17, 15) is 0 Å². The molecule has 0 aliphatic carbocycles. The summed E-state index contributed by atoms with van der Waals surface area (Å²) in [7, 11) is 3.98. The van der Waals surface area contributed by atoms with Gasteiger partial charge in [0, 0.05) is 38.7 Å². The van der Waals surface area contributed by atoms with Crippen LogP contribution >= 0.6 is 0 Å².